The highest BCUT2D eigenvalue weighted by molar-refractivity contribution is 7.08. The molecule has 0 unspecified atom stereocenters. The van der Waals surface area contributed by atoms with Crippen molar-refractivity contribution in [2.45, 2.75) is 19.5 Å². The average Bonchev–Trinajstić information content (AvgIpc) is 2.87. The van der Waals surface area contributed by atoms with Gasteiger partial charge in [-0.3, -0.25) is 4.79 Å². The lowest BCUT2D eigenvalue weighted by molar-refractivity contribution is -0.136. The summed E-state index contributed by atoms with van der Waals surface area (Å²) in [6.07, 6.45) is -4.04. The van der Waals surface area contributed by atoms with Crippen molar-refractivity contribution < 1.29 is 18.0 Å². The van der Waals surface area contributed by atoms with Crippen LogP contribution in [0.5, 0.6) is 0 Å². The van der Waals surface area contributed by atoms with E-state index in [0.29, 0.717) is 17.5 Å². The van der Waals surface area contributed by atoms with Crippen LogP contribution in [0, 0.1) is 0 Å². The molecule has 0 saturated carbocycles. The molecule has 0 spiro atoms. The summed E-state index contributed by atoms with van der Waals surface area (Å²) in [6, 6.07) is 6.33. The number of halogens is 3. The molecular formula is C14H11F3OS. The Hall–Kier alpha value is -1.62. The van der Waals surface area contributed by atoms with Crippen LogP contribution in [0.15, 0.2) is 35.0 Å². The van der Waals surface area contributed by atoms with Gasteiger partial charge in [-0.15, -0.1) is 0 Å². The van der Waals surface area contributed by atoms with Gasteiger partial charge in [-0.1, -0.05) is 25.1 Å². The van der Waals surface area contributed by atoms with E-state index in [4.69, 9.17) is 0 Å². The number of carbonyl (C=O) groups is 1. The van der Waals surface area contributed by atoms with Crippen LogP contribution in [0.4, 0.5) is 13.2 Å². The van der Waals surface area contributed by atoms with Crippen molar-refractivity contribution in [2.24, 2.45) is 0 Å². The number of thiophene rings is 1. The van der Waals surface area contributed by atoms with Crippen LogP contribution in [-0.2, 0) is 6.18 Å². The van der Waals surface area contributed by atoms with Gasteiger partial charge in [0.15, 0.2) is 5.78 Å². The maximum atomic E-state index is 12.8. The Morgan fingerprint density at radius 3 is 2.63 bits per heavy atom. The van der Waals surface area contributed by atoms with Gasteiger partial charge < -0.3 is 0 Å². The van der Waals surface area contributed by atoms with E-state index in [0.717, 1.165) is 16.7 Å². The number of carbonyl (C=O) groups excluding carboxylic acids is 1. The zero-order chi connectivity index (χ0) is 14.0. The quantitative estimate of drug-likeness (QED) is 0.723. The fourth-order valence-corrected chi connectivity index (χ4v) is 2.67. The number of hydrogen-bond acceptors (Lipinski definition) is 2. The first-order valence-electron chi connectivity index (χ1n) is 5.70. The molecule has 0 amide bonds. The van der Waals surface area contributed by atoms with Gasteiger partial charge in [0.25, 0.3) is 0 Å². The van der Waals surface area contributed by atoms with E-state index in [1.165, 1.54) is 11.4 Å². The maximum Gasteiger partial charge on any atom is 0.417 e. The van der Waals surface area contributed by atoms with Crippen LogP contribution in [0.2, 0.25) is 0 Å². The minimum atomic E-state index is -4.37. The first-order valence-corrected chi connectivity index (χ1v) is 6.64. The summed E-state index contributed by atoms with van der Waals surface area (Å²) in [5, 5.41) is 2.54. The third kappa shape index (κ3) is 2.87. The molecular weight excluding hydrogens is 273 g/mol. The Kier molecular flexibility index (Phi) is 3.75. The van der Waals surface area contributed by atoms with Gasteiger partial charge in [-0.2, -0.15) is 24.5 Å². The molecule has 1 aromatic heterocycles. The van der Waals surface area contributed by atoms with Gasteiger partial charge in [0.1, 0.15) is 0 Å². The second-order valence-corrected chi connectivity index (χ2v) is 4.80. The topological polar surface area (TPSA) is 17.1 Å². The van der Waals surface area contributed by atoms with Gasteiger partial charge >= 0.3 is 6.18 Å². The van der Waals surface area contributed by atoms with Gasteiger partial charge in [0.05, 0.1) is 5.56 Å². The van der Waals surface area contributed by atoms with Crippen molar-refractivity contribution >= 4 is 17.1 Å². The number of rotatable bonds is 3. The molecule has 0 fully saturated rings. The van der Waals surface area contributed by atoms with E-state index < -0.39 is 11.7 Å². The molecule has 0 N–H and O–H groups in total. The highest BCUT2D eigenvalue weighted by atomic mass is 32.1. The minimum Gasteiger partial charge on any atom is -0.294 e. The van der Waals surface area contributed by atoms with E-state index in [-0.39, 0.29) is 11.3 Å². The molecule has 1 aromatic carbocycles. The SMILES string of the molecule is CCC(=O)c1cccc(-c2cscc2C(F)(F)F)c1. The van der Waals surface area contributed by atoms with Crippen LogP contribution in [0.1, 0.15) is 29.3 Å². The Balaban J connectivity index is 2.49. The molecule has 0 radical (unpaired) electrons. The first kappa shape index (κ1) is 13.8. The monoisotopic (exact) mass is 284 g/mol. The number of ketones is 1. The Labute approximate surface area is 112 Å². The molecule has 1 nitrogen and oxygen atoms in total. The van der Waals surface area contributed by atoms with Gasteiger partial charge in [0.2, 0.25) is 0 Å². The largest absolute Gasteiger partial charge is 0.417 e. The predicted molar refractivity (Wildman–Crippen MR) is 69.4 cm³/mol. The summed E-state index contributed by atoms with van der Waals surface area (Å²) in [4.78, 5) is 11.6. The summed E-state index contributed by atoms with van der Waals surface area (Å²) in [5.74, 6) is -0.0781. The molecule has 2 aromatic rings. The van der Waals surface area contributed by atoms with Crippen molar-refractivity contribution in [1.82, 2.24) is 0 Å². The molecule has 19 heavy (non-hydrogen) atoms. The smallest absolute Gasteiger partial charge is 0.294 e. The van der Waals surface area contributed by atoms with Gasteiger partial charge in [-0.25, -0.2) is 0 Å². The van der Waals surface area contributed by atoms with Crippen LogP contribution in [0.3, 0.4) is 0 Å². The van der Waals surface area contributed by atoms with E-state index >= 15 is 0 Å². The summed E-state index contributed by atoms with van der Waals surface area (Å²) in [6.45, 7) is 1.72. The number of alkyl halides is 3. The molecule has 0 aliphatic rings. The highest BCUT2D eigenvalue weighted by Gasteiger charge is 2.34. The number of hydrogen-bond donors (Lipinski definition) is 0. The highest BCUT2D eigenvalue weighted by Crippen LogP contribution is 2.39. The molecule has 1 heterocycles. The van der Waals surface area contributed by atoms with E-state index in [1.807, 2.05) is 0 Å². The summed E-state index contributed by atoms with van der Waals surface area (Å²) >= 11 is 1.00. The molecule has 0 bridgehead atoms. The van der Waals surface area contributed by atoms with Crippen molar-refractivity contribution in [3.05, 3.63) is 46.2 Å². The molecule has 0 atom stereocenters. The zero-order valence-electron chi connectivity index (χ0n) is 10.1. The fraction of sp³-hybridized carbons (Fsp3) is 0.214. The Morgan fingerprint density at radius 2 is 2.00 bits per heavy atom. The second kappa shape index (κ2) is 5.17. The van der Waals surface area contributed by atoms with Crippen molar-refractivity contribution in [3.8, 4) is 11.1 Å². The van der Waals surface area contributed by atoms with E-state index in [1.54, 1.807) is 25.1 Å². The lowest BCUT2D eigenvalue weighted by Gasteiger charge is -2.09. The minimum absolute atomic E-state index is 0.0781. The first-order chi connectivity index (χ1) is 8.93. The maximum absolute atomic E-state index is 12.8. The lowest BCUT2D eigenvalue weighted by Crippen LogP contribution is -2.05. The number of benzene rings is 1. The van der Waals surface area contributed by atoms with E-state index in [2.05, 4.69) is 0 Å². The zero-order valence-corrected chi connectivity index (χ0v) is 10.9. The average molecular weight is 284 g/mol. The number of Topliss-reactive ketones (excluding diaryl/α,β-unsaturated/α-hetero) is 1. The predicted octanol–water partition coefficient (Wildman–Crippen LogP) is 5.03. The van der Waals surface area contributed by atoms with Crippen molar-refractivity contribution in [3.63, 3.8) is 0 Å². The van der Waals surface area contributed by atoms with Gasteiger partial charge in [0, 0.05) is 22.9 Å². The molecule has 100 valence electrons. The molecule has 0 aliphatic carbocycles. The van der Waals surface area contributed by atoms with Crippen molar-refractivity contribution in [1.29, 1.82) is 0 Å². The Morgan fingerprint density at radius 1 is 1.26 bits per heavy atom. The molecule has 5 heteroatoms. The summed E-state index contributed by atoms with van der Waals surface area (Å²) in [7, 11) is 0. The molecule has 0 saturated heterocycles. The van der Waals surface area contributed by atoms with Crippen molar-refractivity contribution in [2.75, 3.05) is 0 Å². The molecule has 0 aliphatic heterocycles. The second-order valence-electron chi connectivity index (χ2n) is 4.05. The summed E-state index contributed by atoms with van der Waals surface area (Å²) in [5.41, 5.74) is 0.342. The standard InChI is InChI=1S/C14H11F3OS/c1-2-13(18)10-5-3-4-9(6-10)11-7-19-8-12(11)14(15,16)17/h3-8H,2H2,1H3. The van der Waals surface area contributed by atoms with Crippen LogP contribution in [0.25, 0.3) is 11.1 Å². The Bertz CT molecular complexity index is 599. The normalized spacial score (nSPS) is 11.6. The van der Waals surface area contributed by atoms with Crippen LogP contribution < -0.4 is 0 Å². The third-order valence-corrected chi connectivity index (χ3v) is 3.53. The third-order valence-electron chi connectivity index (χ3n) is 2.78. The summed E-state index contributed by atoms with van der Waals surface area (Å²) < 4.78 is 38.5. The van der Waals surface area contributed by atoms with Gasteiger partial charge in [-0.05, 0) is 17.0 Å². The lowest BCUT2D eigenvalue weighted by atomic mass is 10.00. The van der Waals surface area contributed by atoms with Crippen LogP contribution >= 0.6 is 11.3 Å². The van der Waals surface area contributed by atoms with Crippen LogP contribution in [-0.4, -0.2) is 5.78 Å². The fourth-order valence-electron chi connectivity index (χ4n) is 1.80. The molecule has 2 rings (SSSR count). The van der Waals surface area contributed by atoms with E-state index in [9.17, 15) is 18.0 Å².